The molecule has 1 aromatic carbocycles. The summed E-state index contributed by atoms with van der Waals surface area (Å²) in [6.45, 7) is 4.82. The SMILES string of the molecule is CC[C@H](C)CCCOC(=O)c1ccc(O)cc1. The van der Waals surface area contributed by atoms with Crippen LogP contribution in [0.2, 0.25) is 0 Å². The Labute approximate surface area is 102 Å². The van der Waals surface area contributed by atoms with Crippen molar-refractivity contribution in [1.82, 2.24) is 0 Å². The minimum absolute atomic E-state index is 0.151. The number of ether oxygens (including phenoxy) is 1. The number of esters is 1. The fourth-order valence-corrected chi connectivity index (χ4v) is 1.48. The van der Waals surface area contributed by atoms with Gasteiger partial charge in [-0.1, -0.05) is 20.3 Å². The Bertz CT molecular complexity index is 343. The quantitative estimate of drug-likeness (QED) is 0.608. The number of benzene rings is 1. The molecule has 0 saturated heterocycles. The molecule has 0 fully saturated rings. The molecule has 0 aliphatic rings. The zero-order valence-electron chi connectivity index (χ0n) is 10.5. The lowest BCUT2D eigenvalue weighted by Gasteiger charge is -2.08. The molecule has 3 nitrogen and oxygen atoms in total. The van der Waals surface area contributed by atoms with E-state index in [1.165, 1.54) is 12.1 Å². The number of carbonyl (C=O) groups excluding carboxylic acids is 1. The highest BCUT2D eigenvalue weighted by Gasteiger charge is 2.06. The van der Waals surface area contributed by atoms with Gasteiger partial charge in [-0.25, -0.2) is 4.79 Å². The van der Waals surface area contributed by atoms with Gasteiger partial charge >= 0.3 is 5.97 Å². The van der Waals surface area contributed by atoms with Gasteiger partial charge in [-0.2, -0.15) is 0 Å². The lowest BCUT2D eigenvalue weighted by molar-refractivity contribution is 0.0494. The van der Waals surface area contributed by atoms with Crippen LogP contribution in [0.5, 0.6) is 5.75 Å². The van der Waals surface area contributed by atoms with E-state index in [1.54, 1.807) is 12.1 Å². The second-order valence-corrected chi connectivity index (χ2v) is 4.34. The summed E-state index contributed by atoms with van der Waals surface area (Å²) < 4.78 is 5.14. The van der Waals surface area contributed by atoms with Crippen LogP contribution in [-0.2, 0) is 4.74 Å². The number of phenolic OH excluding ortho intramolecular Hbond substituents is 1. The first kappa shape index (κ1) is 13.6. The van der Waals surface area contributed by atoms with E-state index in [2.05, 4.69) is 13.8 Å². The summed E-state index contributed by atoms with van der Waals surface area (Å²) in [7, 11) is 0. The van der Waals surface area contributed by atoms with E-state index in [0.29, 0.717) is 18.1 Å². The van der Waals surface area contributed by atoms with E-state index < -0.39 is 0 Å². The number of aromatic hydroxyl groups is 1. The zero-order chi connectivity index (χ0) is 12.7. The third kappa shape index (κ3) is 4.89. The first-order valence-corrected chi connectivity index (χ1v) is 6.09. The van der Waals surface area contributed by atoms with Crippen molar-refractivity contribution in [2.45, 2.75) is 33.1 Å². The number of hydrogen-bond donors (Lipinski definition) is 1. The molecule has 1 rings (SSSR count). The van der Waals surface area contributed by atoms with Crippen molar-refractivity contribution >= 4 is 5.97 Å². The molecule has 0 heterocycles. The summed E-state index contributed by atoms with van der Waals surface area (Å²) in [5.41, 5.74) is 0.478. The molecule has 1 atom stereocenters. The molecular weight excluding hydrogens is 216 g/mol. The predicted octanol–water partition coefficient (Wildman–Crippen LogP) is 3.38. The van der Waals surface area contributed by atoms with Crippen LogP contribution in [0.15, 0.2) is 24.3 Å². The van der Waals surface area contributed by atoms with Crippen molar-refractivity contribution in [2.24, 2.45) is 5.92 Å². The second-order valence-electron chi connectivity index (χ2n) is 4.34. The summed E-state index contributed by atoms with van der Waals surface area (Å²) in [5, 5.41) is 9.09. The van der Waals surface area contributed by atoms with Crippen LogP contribution in [0.4, 0.5) is 0 Å². The smallest absolute Gasteiger partial charge is 0.338 e. The van der Waals surface area contributed by atoms with Gasteiger partial charge in [0, 0.05) is 0 Å². The Balaban J connectivity index is 2.28. The third-order valence-electron chi connectivity index (χ3n) is 2.87. The van der Waals surface area contributed by atoms with E-state index in [1.807, 2.05) is 0 Å². The van der Waals surface area contributed by atoms with Crippen LogP contribution in [0, 0.1) is 5.92 Å². The average molecular weight is 236 g/mol. The summed E-state index contributed by atoms with van der Waals surface area (Å²) >= 11 is 0. The van der Waals surface area contributed by atoms with Gasteiger partial charge in [0.2, 0.25) is 0 Å². The molecule has 0 spiro atoms. The van der Waals surface area contributed by atoms with Crippen molar-refractivity contribution in [3.8, 4) is 5.75 Å². The zero-order valence-corrected chi connectivity index (χ0v) is 10.5. The number of carbonyl (C=O) groups is 1. The van der Waals surface area contributed by atoms with Crippen molar-refractivity contribution in [2.75, 3.05) is 6.61 Å². The second kappa shape index (κ2) is 6.94. The molecule has 94 valence electrons. The van der Waals surface area contributed by atoms with Crippen molar-refractivity contribution in [3.05, 3.63) is 29.8 Å². The number of rotatable bonds is 6. The highest BCUT2D eigenvalue weighted by Crippen LogP contribution is 2.12. The molecular formula is C14H20O3. The maximum absolute atomic E-state index is 11.6. The van der Waals surface area contributed by atoms with Gasteiger partial charge in [-0.15, -0.1) is 0 Å². The van der Waals surface area contributed by atoms with E-state index in [9.17, 15) is 4.79 Å². The van der Waals surface area contributed by atoms with Crippen LogP contribution < -0.4 is 0 Å². The largest absolute Gasteiger partial charge is 0.508 e. The van der Waals surface area contributed by atoms with E-state index in [0.717, 1.165) is 19.3 Å². The Morgan fingerprint density at radius 1 is 1.35 bits per heavy atom. The molecule has 1 aromatic rings. The molecule has 0 aromatic heterocycles. The summed E-state index contributed by atoms with van der Waals surface area (Å²) in [4.78, 5) is 11.6. The van der Waals surface area contributed by atoms with Gasteiger partial charge in [0.15, 0.2) is 0 Å². The van der Waals surface area contributed by atoms with Gasteiger partial charge < -0.3 is 9.84 Å². The molecule has 0 unspecified atom stereocenters. The topological polar surface area (TPSA) is 46.5 Å². The molecule has 0 aliphatic heterocycles. The summed E-state index contributed by atoms with van der Waals surface area (Å²) in [5.74, 6) is 0.509. The van der Waals surface area contributed by atoms with Crippen LogP contribution in [0.3, 0.4) is 0 Å². The molecule has 0 bridgehead atoms. The molecule has 0 radical (unpaired) electrons. The Hall–Kier alpha value is -1.51. The minimum atomic E-state index is -0.325. The van der Waals surface area contributed by atoms with E-state index in [4.69, 9.17) is 9.84 Å². The maximum Gasteiger partial charge on any atom is 0.338 e. The molecule has 3 heteroatoms. The highest BCUT2D eigenvalue weighted by molar-refractivity contribution is 5.89. The number of phenols is 1. The Morgan fingerprint density at radius 3 is 2.59 bits per heavy atom. The number of hydrogen-bond acceptors (Lipinski definition) is 3. The van der Waals surface area contributed by atoms with Gasteiger partial charge in [-0.3, -0.25) is 0 Å². The molecule has 0 amide bonds. The van der Waals surface area contributed by atoms with Gasteiger partial charge in [0.25, 0.3) is 0 Å². The first-order chi connectivity index (χ1) is 8.13. The molecule has 17 heavy (non-hydrogen) atoms. The van der Waals surface area contributed by atoms with Crippen molar-refractivity contribution < 1.29 is 14.6 Å². The van der Waals surface area contributed by atoms with Gasteiger partial charge in [0.1, 0.15) is 5.75 Å². The summed E-state index contributed by atoms with van der Waals surface area (Å²) in [6, 6.07) is 6.09. The maximum atomic E-state index is 11.6. The average Bonchev–Trinajstić information content (AvgIpc) is 2.34. The van der Waals surface area contributed by atoms with Gasteiger partial charge in [0.05, 0.1) is 12.2 Å². The Kier molecular flexibility index (Phi) is 5.53. The van der Waals surface area contributed by atoms with Crippen molar-refractivity contribution in [3.63, 3.8) is 0 Å². The van der Waals surface area contributed by atoms with Gasteiger partial charge in [-0.05, 0) is 43.0 Å². The predicted molar refractivity (Wildman–Crippen MR) is 67.1 cm³/mol. The van der Waals surface area contributed by atoms with E-state index >= 15 is 0 Å². The minimum Gasteiger partial charge on any atom is -0.508 e. The van der Waals surface area contributed by atoms with Crippen LogP contribution in [0.1, 0.15) is 43.5 Å². The third-order valence-corrected chi connectivity index (χ3v) is 2.87. The first-order valence-electron chi connectivity index (χ1n) is 6.09. The molecule has 0 saturated carbocycles. The monoisotopic (exact) mass is 236 g/mol. The standard InChI is InChI=1S/C14H20O3/c1-3-11(2)5-4-10-17-14(16)12-6-8-13(15)9-7-12/h6-9,11,15H,3-5,10H2,1-2H3/t11-/m0/s1. The molecule has 0 aliphatic carbocycles. The van der Waals surface area contributed by atoms with E-state index in [-0.39, 0.29) is 11.7 Å². The fourth-order valence-electron chi connectivity index (χ4n) is 1.48. The Morgan fingerprint density at radius 2 is 2.00 bits per heavy atom. The van der Waals surface area contributed by atoms with Crippen molar-refractivity contribution in [1.29, 1.82) is 0 Å². The lowest BCUT2D eigenvalue weighted by Crippen LogP contribution is -2.07. The molecule has 1 N–H and O–H groups in total. The highest BCUT2D eigenvalue weighted by atomic mass is 16.5. The normalized spacial score (nSPS) is 12.1. The summed E-state index contributed by atoms with van der Waals surface area (Å²) in [6.07, 6.45) is 3.14. The fraction of sp³-hybridized carbons (Fsp3) is 0.500. The van der Waals surface area contributed by atoms with Crippen LogP contribution in [-0.4, -0.2) is 17.7 Å². The lowest BCUT2D eigenvalue weighted by atomic mass is 10.0. The van der Waals surface area contributed by atoms with Crippen LogP contribution in [0.25, 0.3) is 0 Å². The van der Waals surface area contributed by atoms with Crippen LogP contribution >= 0.6 is 0 Å².